The molecule has 5 nitrogen and oxygen atoms in total. The maximum absolute atomic E-state index is 13.0. The molecule has 0 bridgehead atoms. The third kappa shape index (κ3) is 4.08. The smallest absolute Gasteiger partial charge is 0.283 e. The number of quaternary nitrogens is 1. The van der Waals surface area contributed by atoms with Gasteiger partial charge in [0.2, 0.25) is 0 Å². The van der Waals surface area contributed by atoms with Gasteiger partial charge in [-0.1, -0.05) is 42.5 Å². The molecule has 1 saturated heterocycles. The van der Waals surface area contributed by atoms with Gasteiger partial charge in [0.1, 0.15) is 5.75 Å². The number of piperazine rings is 1. The molecule has 0 radical (unpaired) electrons. The van der Waals surface area contributed by atoms with Crippen LogP contribution in [0.3, 0.4) is 0 Å². The van der Waals surface area contributed by atoms with Crippen LogP contribution in [0.1, 0.15) is 24.4 Å². The molecule has 2 aliphatic rings. The third-order valence-corrected chi connectivity index (χ3v) is 5.56. The second kappa shape index (κ2) is 8.01. The Balaban J connectivity index is 1.48. The highest BCUT2D eigenvalue weighted by Gasteiger charge is 2.37. The van der Waals surface area contributed by atoms with Crippen molar-refractivity contribution in [3.05, 3.63) is 60.2 Å². The van der Waals surface area contributed by atoms with Crippen molar-refractivity contribution in [3.8, 4) is 5.75 Å². The lowest BCUT2D eigenvalue weighted by atomic mass is 10.0. The summed E-state index contributed by atoms with van der Waals surface area (Å²) in [6, 6.07) is 18.6. The lowest BCUT2D eigenvalue weighted by Crippen LogP contribution is -3.16. The summed E-state index contributed by atoms with van der Waals surface area (Å²) in [6.07, 6.45) is 2.23. The van der Waals surface area contributed by atoms with E-state index in [9.17, 15) is 4.79 Å². The minimum absolute atomic E-state index is 0.133. The Morgan fingerprint density at radius 2 is 1.74 bits per heavy atom. The van der Waals surface area contributed by atoms with Crippen molar-refractivity contribution >= 4 is 11.6 Å². The topological polar surface area (TPSA) is 46.0 Å². The fourth-order valence-corrected chi connectivity index (χ4v) is 3.94. The van der Waals surface area contributed by atoms with Crippen LogP contribution >= 0.6 is 0 Å². The number of hydrogen-bond donors (Lipinski definition) is 2. The zero-order valence-corrected chi connectivity index (χ0v) is 15.9. The molecule has 1 amide bonds. The van der Waals surface area contributed by atoms with Crippen LogP contribution < -0.4 is 19.9 Å². The van der Waals surface area contributed by atoms with Crippen molar-refractivity contribution < 1.29 is 14.4 Å². The Bertz CT molecular complexity index is 768. The second-order valence-corrected chi connectivity index (χ2v) is 7.44. The summed E-state index contributed by atoms with van der Waals surface area (Å²) in [5, 5.41) is 3.22. The number of benzene rings is 2. The normalized spacial score (nSPS) is 18.8. The molecule has 1 atom stereocenters. The summed E-state index contributed by atoms with van der Waals surface area (Å²) in [5.74, 6) is 1.08. The Hall–Kier alpha value is -2.53. The van der Waals surface area contributed by atoms with E-state index in [1.165, 1.54) is 4.90 Å². The molecular formula is C22H28N3O2+. The number of nitrogens with one attached hydrogen (secondary N) is 2. The van der Waals surface area contributed by atoms with E-state index in [0.717, 1.165) is 56.0 Å². The average Bonchev–Trinajstić information content (AvgIpc) is 3.53. The molecule has 4 rings (SSSR count). The first kappa shape index (κ1) is 17.9. The third-order valence-electron chi connectivity index (χ3n) is 5.56. The van der Waals surface area contributed by atoms with Crippen LogP contribution in [-0.2, 0) is 4.79 Å². The molecule has 1 saturated carbocycles. The quantitative estimate of drug-likeness (QED) is 0.813. The summed E-state index contributed by atoms with van der Waals surface area (Å²) in [7, 11) is 1.72. The number of methoxy groups -OCH3 is 1. The van der Waals surface area contributed by atoms with E-state index in [1.807, 2.05) is 36.4 Å². The SMILES string of the molecule is COc1ccccc1N1CC[NH+]([C@@H](C(=O)NC2CC2)c2ccccc2)CC1. The van der Waals surface area contributed by atoms with Gasteiger partial charge in [0.05, 0.1) is 39.0 Å². The number of carbonyl (C=O) groups excluding carboxylic acids is 1. The molecule has 0 unspecified atom stereocenters. The van der Waals surface area contributed by atoms with Crippen molar-refractivity contribution in [2.45, 2.75) is 24.9 Å². The van der Waals surface area contributed by atoms with Crippen LogP contribution in [0, 0.1) is 0 Å². The molecule has 2 fully saturated rings. The summed E-state index contributed by atoms with van der Waals surface area (Å²) in [6.45, 7) is 3.68. The van der Waals surface area contributed by atoms with Crippen molar-refractivity contribution in [1.82, 2.24) is 5.32 Å². The molecule has 2 aromatic carbocycles. The van der Waals surface area contributed by atoms with Crippen molar-refractivity contribution in [2.75, 3.05) is 38.2 Å². The van der Waals surface area contributed by atoms with E-state index in [2.05, 4.69) is 28.4 Å². The largest absolute Gasteiger partial charge is 0.495 e. The maximum Gasteiger partial charge on any atom is 0.283 e. The molecule has 5 heteroatoms. The van der Waals surface area contributed by atoms with Gasteiger partial charge < -0.3 is 19.9 Å². The zero-order valence-electron chi connectivity index (χ0n) is 15.9. The molecular weight excluding hydrogens is 338 g/mol. The fourth-order valence-electron chi connectivity index (χ4n) is 3.94. The molecule has 27 heavy (non-hydrogen) atoms. The van der Waals surface area contributed by atoms with Gasteiger partial charge in [-0.05, 0) is 25.0 Å². The Morgan fingerprint density at radius 1 is 1.07 bits per heavy atom. The van der Waals surface area contributed by atoms with E-state index >= 15 is 0 Å². The van der Waals surface area contributed by atoms with Crippen LogP contribution in [0.4, 0.5) is 5.69 Å². The fraction of sp³-hybridized carbons (Fsp3) is 0.409. The number of amides is 1. The Kier molecular flexibility index (Phi) is 5.30. The Labute approximate surface area is 160 Å². The number of hydrogen-bond acceptors (Lipinski definition) is 3. The monoisotopic (exact) mass is 366 g/mol. The Morgan fingerprint density at radius 3 is 2.41 bits per heavy atom. The van der Waals surface area contributed by atoms with Crippen LogP contribution in [0.15, 0.2) is 54.6 Å². The molecule has 2 N–H and O–H groups in total. The second-order valence-electron chi connectivity index (χ2n) is 7.44. The summed E-state index contributed by atoms with van der Waals surface area (Å²) >= 11 is 0. The first-order valence-electron chi connectivity index (χ1n) is 9.84. The molecule has 1 aliphatic carbocycles. The lowest BCUT2D eigenvalue weighted by Gasteiger charge is -2.37. The average molecular weight is 366 g/mol. The highest BCUT2D eigenvalue weighted by Crippen LogP contribution is 2.27. The van der Waals surface area contributed by atoms with Crippen molar-refractivity contribution in [3.63, 3.8) is 0 Å². The molecule has 0 spiro atoms. The number of anilines is 1. The molecule has 2 aromatic rings. The zero-order chi connectivity index (χ0) is 18.6. The van der Waals surface area contributed by atoms with Crippen LogP contribution in [0.2, 0.25) is 0 Å². The first-order chi connectivity index (χ1) is 13.3. The van der Waals surface area contributed by atoms with Gasteiger partial charge in [-0.2, -0.15) is 0 Å². The predicted molar refractivity (Wildman–Crippen MR) is 106 cm³/mol. The number of ether oxygens (including phenoxy) is 1. The van der Waals surface area contributed by atoms with Gasteiger partial charge in [-0.15, -0.1) is 0 Å². The van der Waals surface area contributed by atoms with E-state index in [0.29, 0.717) is 6.04 Å². The first-order valence-corrected chi connectivity index (χ1v) is 9.84. The summed E-state index contributed by atoms with van der Waals surface area (Å²) in [4.78, 5) is 16.7. The molecule has 1 aliphatic heterocycles. The van der Waals surface area contributed by atoms with E-state index in [4.69, 9.17) is 4.74 Å². The summed E-state index contributed by atoms with van der Waals surface area (Å²) in [5.41, 5.74) is 2.24. The minimum Gasteiger partial charge on any atom is -0.495 e. The molecule has 142 valence electrons. The van der Waals surface area contributed by atoms with Gasteiger partial charge in [0, 0.05) is 11.6 Å². The minimum atomic E-state index is -0.133. The van der Waals surface area contributed by atoms with Crippen molar-refractivity contribution in [1.29, 1.82) is 0 Å². The maximum atomic E-state index is 13.0. The summed E-state index contributed by atoms with van der Waals surface area (Å²) < 4.78 is 5.52. The van der Waals surface area contributed by atoms with Gasteiger partial charge in [-0.25, -0.2) is 0 Å². The van der Waals surface area contributed by atoms with E-state index < -0.39 is 0 Å². The molecule has 1 heterocycles. The highest BCUT2D eigenvalue weighted by atomic mass is 16.5. The van der Waals surface area contributed by atoms with Gasteiger partial charge in [0.25, 0.3) is 5.91 Å². The van der Waals surface area contributed by atoms with E-state index in [1.54, 1.807) is 7.11 Å². The lowest BCUT2D eigenvalue weighted by molar-refractivity contribution is -0.922. The van der Waals surface area contributed by atoms with Crippen LogP contribution in [0.5, 0.6) is 5.75 Å². The van der Waals surface area contributed by atoms with Crippen LogP contribution in [0.25, 0.3) is 0 Å². The number of nitrogens with zero attached hydrogens (tertiary/aromatic N) is 1. The van der Waals surface area contributed by atoms with Gasteiger partial charge in [-0.3, -0.25) is 4.79 Å². The van der Waals surface area contributed by atoms with Crippen LogP contribution in [-0.4, -0.2) is 45.2 Å². The van der Waals surface area contributed by atoms with Gasteiger partial charge in [0.15, 0.2) is 6.04 Å². The van der Waals surface area contributed by atoms with E-state index in [-0.39, 0.29) is 11.9 Å². The van der Waals surface area contributed by atoms with Crippen molar-refractivity contribution in [2.24, 2.45) is 0 Å². The molecule has 0 aromatic heterocycles. The highest BCUT2D eigenvalue weighted by molar-refractivity contribution is 5.82. The number of rotatable bonds is 6. The number of para-hydroxylation sites is 2. The standard InChI is InChI=1S/C22H27N3O2/c1-27-20-10-6-5-9-19(20)24-13-15-25(16-14-24)21(17-7-3-2-4-8-17)22(26)23-18-11-12-18/h2-10,18,21H,11-16H2,1H3,(H,23,26)/p+1/t21-/m1/s1. The number of carbonyl (C=O) groups is 1. The predicted octanol–water partition coefficient (Wildman–Crippen LogP) is 1.42. The van der Waals surface area contributed by atoms with Gasteiger partial charge >= 0.3 is 0 Å².